The van der Waals surface area contributed by atoms with E-state index in [0.717, 1.165) is 11.1 Å². The van der Waals surface area contributed by atoms with Gasteiger partial charge in [0.05, 0.1) is 6.42 Å². The summed E-state index contributed by atoms with van der Waals surface area (Å²) in [5.74, 6) is 0.299. The van der Waals surface area contributed by atoms with E-state index in [0.29, 0.717) is 12.2 Å². The van der Waals surface area contributed by atoms with E-state index in [2.05, 4.69) is 10.3 Å². The van der Waals surface area contributed by atoms with Gasteiger partial charge < -0.3 is 9.88 Å². The highest BCUT2D eigenvalue weighted by atomic mass is 32.1. The zero-order chi connectivity index (χ0) is 16.2. The zero-order valence-corrected chi connectivity index (χ0v) is 13.4. The summed E-state index contributed by atoms with van der Waals surface area (Å²) >= 11 is 1.56. The first-order valence-corrected chi connectivity index (χ1v) is 8.11. The van der Waals surface area contributed by atoms with Crippen LogP contribution in [0.2, 0.25) is 0 Å². The number of aryl methyl sites for hydroxylation is 1. The number of hydrogen-bond donors (Lipinski definition) is 1. The van der Waals surface area contributed by atoms with E-state index in [4.69, 9.17) is 0 Å². The van der Waals surface area contributed by atoms with Gasteiger partial charge in [-0.05, 0) is 40.1 Å². The fourth-order valence-electron chi connectivity index (χ4n) is 2.40. The zero-order valence-electron chi connectivity index (χ0n) is 12.6. The van der Waals surface area contributed by atoms with Gasteiger partial charge in [-0.25, -0.2) is 9.37 Å². The number of carbonyl (C=O) groups excluding carboxylic acids is 1. The molecule has 6 heteroatoms. The number of amides is 1. The average Bonchev–Trinajstić information content (AvgIpc) is 3.18. The molecule has 1 amide bonds. The van der Waals surface area contributed by atoms with Crippen molar-refractivity contribution in [3.63, 3.8) is 0 Å². The second-order valence-electron chi connectivity index (χ2n) is 5.26. The van der Waals surface area contributed by atoms with Crippen molar-refractivity contribution >= 4 is 17.2 Å². The molecule has 0 bridgehead atoms. The van der Waals surface area contributed by atoms with Gasteiger partial charge in [0, 0.05) is 19.4 Å². The molecule has 0 radical (unpaired) electrons. The Morgan fingerprint density at radius 3 is 2.74 bits per heavy atom. The Kier molecular flexibility index (Phi) is 4.52. The minimum atomic E-state index is -0.415. The Bertz CT molecular complexity index is 781. The van der Waals surface area contributed by atoms with Crippen molar-refractivity contribution in [3.8, 4) is 0 Å². The quantitative estimate of drug-likeness (QED) is 0.782. The van der Waals surface area contributed by atoms with Gasteiger partial charge in [0.15, 0.2) is 0 Å². The molecule has 118 valence electrons. The fraction of sp³-hybridized carbons (Fsp3) is 0.176. The number of halogens is 1. The summed E-state index contributed by atoms with van der Waals surface area (Å²) in [5.41, 5.74) is 1.77. The Hall–Kier alpha value is -2.47. The highest BCUT2D eigenvalue weighted by Gasteiger charge is 2.20. The lowest BCUT2D eigenvalue weighted by Crippen LogP contribution is -2.32. The van der Waals surface area contributed by atoms with Crippen molar-refractivity contribution in [1.82, 2.24) is 14.9 Å². The molecule has 0 aliphatic rings. The summed E-state index contributed by atoms with van der Waals surface area (Å²) in [5, 5.41) is 6.89. The molecule has 1 aromatic carbocycles. The molecule has 0 aliphatic heterocycles. The van der Waals surface area contributed by atoms with Gasteiger partial charge >= 0.3 is 0 Å². The van der Waals surface area contributed by atoms with Gasteiger partial charge in [-0.3, -0.25) is 4.79 Å². The first kappa shape index (κ1) is 15.4. The maximum atomic E-state index is 13.2. The van der Waals surface area contributed by atoms with Crippen molar-refractivity contribution in [2.45, 2.75) is 12.5 Å². The smallest absolute Gasteiger partial charge is 0.225 e. The number of carbonyl (C=O) groups is 1. The van der Waals surface area contributed by atoms with Gasteiger partial charge in [0.2, 0.25) is 5.91 Å². The first-order valence-electron chi connectivity index (χ1n) is 7.16. The maximum absolute atomic E-state index is 13.2. The van der Waals surface area contributed by atoms with Crippen LogP contribution in [0.25, 0.3) is 0 Å². The third-order valence-electron chi connectivity index (χ3n) is 3.57. The minimum absolute atomic E-state index is 0.0966. The van der Waals surface area contributed by atoms with Crippen LogP contribution < -0.4 is 5.32 Å². The fourth-order valence-corrected chi connectivity index (χ4v) is 3.07. The lowest BCUT2D eigenvalue weighted by Gasteiger charge is -2.19. The van der Waals surface area contributed by atoms with E-state index in [1.165, 1.54) is 12.1 Å². The molecule has 2 heterocycles. The third-order valence-corrected chi connectivity index (χ3v) is 4.30. The number of nitrogens with one attached hydrogen (secondary N) is 1. The van der Waals surface area contributed by atoms with Crippen LogP contribution in [0, 0.1) is 5.82 Å². The summed E-state index contributed by atoms with van der Waals surface area (Å²) in [6.45, 7) is 0. The lowest BCUT2D eigenvalue weighted by atomic mass is 10.1. The predicted octanol–water partition coefficient (Wildman–Crippen LogP) is 3.07. The van der Waals surface area contributed by atoms with E-state index in [1.54, 1.807) is 29.7 Å². The van der Waals surface area contributed by atoms with Gasteiger partial charge in [0.1, 0.15) is 17.7 Å². The molecule has 1 atom stereocenters. The van der Waals surface area contributed by atoms with Crippen LogP contribution >= 0.6 is 11.3 Å². The Balaban J connectivity index is 1.85. The van der Waals surface area contributed by atoms with E-state index >= 15 is 0 Å². The van der Waals surface area contributed by atoms with Crippen molar-refractivity contribution in [2.75, 3.05) is 0 Å². The molecule has 2 aromatic heterocycles. The van der Waals surface area contributed by atoms with Crippen LogP contribution in [-0.2, 0) is 18.3 Å². The van der Waals surface area contributed by atoms with E-state index in [9.17, 15) is 9.18 Å². The average molecular weight is 329 g/mol. The van der Waals surface area contributed by atoms with E-state index < -0.39 is 6.04 Å². The summed E-state index contributed by atoms with van der Waals surface area (Å²) in [4.78, 5) is 16.7. The first-order chi connectivity index (χ1) is 11.1. The van der Waals surface area contributed by atoms with Crippen LogP contribution in [0.1, 0.15) is 23.0 Å². The molecule has 0 aliphatic carbocycles. The molecular weight excluding hydrogens is 313 g/mol. The van der Waals surface area contributed by atoms with Crippen LogP contribution in [-0.4, -0.2) is 15.5 Å². The molecule has 3 aromatic rings. The summed E-state index contributed by atoms with van der Waals surface area (Å²) in [6.07, 6.45) is 3.80. The number of hydrogen-bond acceptors (Lipinski definition) is 3. The molecule has 0 fully saturated rings. The Labute approximate surface area is 137 Å². The number of aromatic nitrogens is 2. The molecule has 4 nitrogen and oxygen atoms in total. The van der Waals surface area contributed by atoms with E-state index in [1.807, 2.05) is 34.6 Å². The summed E-state index contributed by atoms with van der Waals surface area (Å²) in [7, 11) is 1.86. The molecular formula is C17H16FN3OS. The largest absolute Gasteiger partial charge is 0.342 e. The number of imidazole rings is 1. The van der Waals surface area contributed by atoms with Gasteiger partial charge in [-0.2, -0.15) is 11.3 Å². The molecule has 0 saturated heterocycles. The second kappa shape index (κ2) is 6.75. The van der Waals surface area contributed by atoms with Gasteiger partial charge in [-0.15, -0.1) is 0 Å². The molecule has 1 N–H and O–H groups in total. The SMILES string of the molecule is Cn1ccnc1C(NC(=O)Cc1ccsc1)c1ccc(F)cc1. The van der Waals surface area contributed by atoms with Crippen LogP contribution in [0.15, 0.2) is 53.5 Å². The number of nitrogens with zero attached hydrogens (tertiary/aromatic N) is 2. The third kappa shape index (κ3) is 3.65. The number of benzene rings is 1. The topological polar surface area (TPSA) is 46.9 Å². The lowest BCUT2D eigenvalue weighted by molar-refractivity contribution is -0.121. The van der Waals surface area contributed by atoms with Crippen molar-refractivity contribution in [1.29, 1.82) is 0 Å². The second-order valence-corrected chi connectivity index (χ2v) is 6.04. The molecule has 1 unspecified atom stereocenters. The number of thiophene rings is 1. The molecule has 23 heavy (non-hydrogen) atoms. The minimum Gasteiger partial charge on any atom is -0.342 e. The highest BCUT2D eigenvalue weighted by molar-refractivity contribution is 7.07. The summed E-state index contributed by atoms with van der Waals surface area (Å²) < 4.78 is 15.0. The number of rotatable bonds is 5. The monoisotopic (exact) mass is 329 g/mol. The summed E-state index contributed by atoms with van der Waals surface area (Å²) in [6, 6.07) is 7.62. The maximum Gasteiger partial charge on any atom is 0.225 e. The van der Waals surface area contributed by atoms with Gasteiger partial charge in [-0.1, -0.05) is 12.1 Å². The Morgan fingerprint density at radius 1 is 1.35 bits per heavy atom. The van der Waals surface area contributed by atoms with Crippen LogP contribution in [0.3, 0.4) is 0 Å². The van der Waals surface area contributed by atoms with Crippen molar-refractivity contribution in [2.24, 2.45) is 7.05 Å². The van der Waals surface area contributed by atoms with Gasteiger partial charge in [0.25, 0.3) is 0 Å². The normalized spacial score (nSPS) is 12.1. The molecule has 0 saturated carbocycles. The van der Waals surface area contributed by atoms with E-state index in [-0.39, 0.29) is 11.7 Å². The van der Waals surface area contributed by atoms with Crippen molar-refractivity contribution in [3.05, 3.63) is 76.3 Å². The van der Waals surface area contributed by atoms with Crippen molar-refractivity contribution < 1.29 is 9.18 Å². The Morgan fingerprint density at radius 2 is 2.13 bits per heavy atom. The van der Waals surface area contributed by atoms with Crippen LogP contribution in [0.4, 0.5) is 4.39 Å². The standard InChI is InChI=1S/C17H16FN3OS/c1-21-8-7-19-17(21)16(13-2-4-14(18)5-3-13)20-15(22)10-12-6-9-23-11-12/h2-9,11,16H,10H2,1H3,(H,20,22). The molecule has 3 rings (SSSR count). The predicted molar refractivity (Wildman–Crippen MR) is 87.6 cm³/mol. The highest BCUT2D eigenvalue weighted by Crippen LogP contribution is 2.21. The molecule has 0 spiro atoms. The van der Waals surface area contributed by atoms with Crippen LogP contribution in [0.5, 0.6) is 0 Å².